The molecule has 2 N–H and O–H groups in total. The van der Waals surface area contributed by atoms with Gasteiger partial charge in [0.15, 0.2) is 5.76 Å². The summed E-state index contributed by atoms with van der Waals surface area (Å²) < 4.78 is 11.8. The van der Waals surface area contributed by atoms with E-state index < -0.39 is 6.29 Å². The van der Waals surface area contributed by atoms with Crippen LogP contribution in [0.4, 0.5) is 0 Å². The molecule has 0 spiro atoms. The molecule has 0 unspecified atom stereocenters. The van der Waals surface area contributed by atoms with E-state index in [1.165, 1.54) is 4.88 Å². The van der Waals surface area contributed by atoms with Gasteiger partial charge >= 0.3 is 0 Å². The molecule has 5 nitrogen and oxygen atoms in total. The smallest absolute Gasteiger partial charge is 0.286 e. The maximum absolute atomic E-state index is 12.8. The summed E-state index contributed by atoms with van der Waals surface area (Å²) in [6, 6.07) is 13.9. The number of hydrogen-bond acceptors (Lipinski definition) is 5. The standard InChI is InChI=1S/C22H27NO4S/c1-2-26-22-17(10-6-12-24)18(20-11-7-13-28-20)14-19(27-22)21(25)23-15-16-8-4-3-5-9-16/h3-5,7-9,11,13-14,17-18,22,24H,2,6,10,12,15H2,1H3,(H,23,25)/t17-,18+,22-/m1/s1. The van der Waals surface area contributed by atoms with Gasteiger partial charge in [-0.1, -0.05) is 36.4 Å². The Hall–Kier alpha value is -2.15. The fourth-order valence-electron chi connectivity index (χ4n) is 3.44. The van der Waals surface area contributed by atoms with E-state index in [1.54, 1.807) is 11.3 Å². The number of hydrogen-bond donors (Lipinski definition) is 2. The predicted octanol–water partition coefficient (Wildman–Crippen LogP) is 3.81. The van der Waals surface area contributed by atoms with Gasteiger partial charge in [0.25, 0.3) is 5.91 Å². The van der Waals surface area contributed by atoms with Gasteiger partial charge in [-0.05, 0) is 42.9 Å². The summed E-state index contributed by atoms with van der Waals surface area (Å²) in [5.41, 5.74) is 1.03. The number of carbonyl (C=O) groups excluding carboxylic acids is 1. The van der Waals surface area contributed by atoms with Crippen molar-refractivity contribution in [3.63, 3.8) is 0 Å². The van der Waals surface area contributed by atoms with E-state index in [4.69, 9.17) is 9.47 Å². The molecular formula is C22H27NO4S. The number of aliphatic hydroxyl groups is 1. The summed E-state index contributed by atoms with van der Waals surface area (Å²) in [5.74, 6) is 0.134. The number of nitrogens with one attached hydrogen (secondary N) is 1. The summed E-state index contributed by atoms with van der Waals surface area (Å²) >= 11 is 1.66. The van der Waals surface area contributed by atoms with E-state index in [0.717, 1.165) is 12.0 Å². The van der Waals surface area contributed by atoms with Crippen LogP contribution in [-0.2, 0) is 20.8 Å². The molecular weight excluding hydrogens is 374 g/mol. The Morgan fingerprint density at radius 1 is 1.25 bits per heavy atom. The molecule has 0 radical (unpaired) electrons. The Kier molecular flexibility index (Phi) is 7.65. The molecule has 0 fully saturated rings. The van der Waals surface area contributed by atoms with Crippen LogP contribution in [0.15, 0.2) is 59.7 Å². The number of aliphatic hydroxyl groups excluding tert-OH is 1. The van der Waals surface area contributed by atoms with Crippen LogP contribution >= 0.6 is 11.3 Å². The van der Waals surface area contributed by atoms with E-state index in [2.05, 4.69) is 11.4 Å². The molecule has 1 aliphatic rings. The van der Waals surface area contributed by atoms with E-state index >= 15 is 0 Å². The van der Waals surface area contributed by atoms with E-state index in [9.17, 15) is 9.90 Å². The second kappa shape index (κ2) is 10.4. The molecule has 3 atom stereocenters. The van der Waals surface area contributed by atoms with Crippen LogP contribution in [0.1, 0.15) is 36.1 Å². The lowest BCUT2D eigenvalue weighted by atomic mass is 9.84. The first-order valence-electron chi connectivity index (χ1n) is 9.69. The van der Waals surface area contributed by atoms with Crippen LogP contribution in [0.25, 0.3) is 0 Å². The molecule has 1 amide bonds. The van der Waals surface area contributed by atoms with Gasteiger partial charge in [-0.25, -0.2) is 0 Å². The van der Waals surface area contributed by atoms with E-state index in [0.29, 0.717) is 25.3 Å². The second-order valence-corrected chi connectivity index (χ2v) is 7.69. The Bertz CT molecular complexity index is 760. The topological polar surface area (TPSA) is 67.8 Å². The van der Waals surface area contributed by atoms with Gasteiger partial charge in [0.05, 0.1) is 0 Å². The monoisotopic (exact) mass is 401 g/mol. The fourth-order valence-corrected chi connectivity index (χ4v) is 4.31. The summed E-state index contributed by atoms with van der Waals surface area (Å²) in [7, 11) is 0. The van der Waals surface area contributed by atoms with Gasteiger partial charge in [0.2, 0.25) is 6.29 Å². The molecule has 0 bridgehead atoms. The highest BCUT2D eigenvalue weighted by molar-refractivity contribution is 7.10. The van der Waals surface area contributed by atoms with Crippen molar-refractivity contribution in [2.24, 2.45) is 5.92 Å². The second-order valence-electron chi connectivity index (χ2n) is 6.71. The summed E-state index contributed by atoms with van der Waals surface area (Å²) in [5, 5.41) is 14.3. The van der Waals surface area contributed by atoms with Crippen LogP contribution in [0.5, 0.6) is 0 Å². The third-order valence-electron chi connectivity index (χ3n) is 4.80. The molecule has 1 aromatic heterocycles. The lowest BCUT2D eigenvalue weighted by Gasteiger charge is -2.36. The van der Waals surface area contributed by atoms with Crippen LogP contribution in [0.2, 0.25) is 0 Å². The van der Waals surface area contributed by atoms with Crippen molar-refractivity contribution in [1.82, 2.24) is 5.32 Å². The van der Waals surface area contributed by atoms with Crippen LogP contribution in [-0.4, -0.2) is 30.5 Å². The first-order valence-corrected chi connectivity index (χ1v) is 10.6. The van der Waals surface area contributed by atoms with Crippen molar-refractivity contribution < 1.29 is 19.4 Å². The minimum Gasteiger partial charge on any atom is -0.459 e. The highest BCUT2D eigenvalue weighted by Crippen LogP contribution is 2.40. The Labute approximate surface area is 170 Å². The van der Waals surface area contributed by atoms with Gasteiger partial charge < -0.3 is 19.9 Å². The zero-order valence-electron chi connectivity index (χ0n) is 16.0. The highest BCUT2D eigenvalue weighted by atomic mass is 32.1. The molecule has 28 heavy (non-hydrogen) atoms. The molecule has 0 aliphatic carbocycles. The Balaban J connectivity index is 1.79. The number of thiophene rings is 1. The molecule has 1 aromatic carbocycles. The minimum absolute atomic E-state index is 0.0225. The molecule has 6 heteroatoms. The zero-order chi connectivity index (χ0) is 19.8. The van der Waals surface area contributed by atoms with Gasteiger partial charge in [0, 0.05) is 36.5 Å². The van der Waals surface area contributed by atoms with Crippen molar-refractivity contribution in [3.8, 4) is 0 Å². The molecule has 2 aromatic rings. The van der Waals surface area contributed by atoms with Crippen LogP contribution in [0, 0.1) is 5.92 Å². The number of ether oxygens (including phenoxy) is 2. The van der Waals surface area contributed by atoms with Crippen molar-refractivity contribution in [2.45, 2.75) is 38.5 Å². The van der Waals surface area contributed by atoms with E-state index in [-0.39, 0.29) is 24.3 Å². The molecule has 0 saturated carbocycles. The predicted molar refractivity (Wildman–Crippen MR) is 110 cm³/mol. The molecule has 2 heterocycles. The van der Waals surface area contributed by atoms with Gasteiger partial charge in [-0.2, -0.15) is 0 Å². The lowest BCUT2D eigenvalue weighted by Crippen LogP contribution is -2.38. The first-order chi connectivity index (χ1) is 13.7. The van der Waals surface area contributed by atoms with Crippen LogP contribution in [0.3, 0.4) is 0 Å². The van der Waals surface area contributed by atoms with Crippen molar-refractivity contribution >= 4 is 17.2 Å². The number of rotatable bonds is 9. The average molecular weight is 402 g/mol. The average Bonchev–Trinajstić information content (AvgIpc) is 3.26. The largest absolute Gasteiger partial charge is 0.459 e. The third-order valence-corrected chi connectivity index (χ3v) is 5.78. The SMILES string of the molecule is CCO[C@@H]1OC(C(=O)NCc2ccccc2)=C[C@H](c2cccs2)[C@H]1CCCO. The number of benzene rings is 1. The summed E-state index contributed by atoms with van der Waals surface area (Å²) in [4.78, 5) is 13.9. The summed E-state index contributed by atoms with van der Waals surface area (Å²) in [6.45, 7) is 2.98. The Morgan fingerprint density at radius 2 is 2.07 bits per heavy atom. The maximum Gasteiger partial charge on any atom is 0.286 e. The zero-order valence-corrected chi connectivity index (χ0v) is 16.9. The van der Waals surface area contributed by atoms with Gasteiger partial charge in [-0.15, -0.1) is 11.3 Å². The number of amides is 1. The lowest BCUT2D eigenvalue weighted by molar-refractivity contribution is -0.166. The van der Waals surface area contributed by atoms with Crippen molar-refractivity contribution in [1.29, 1.82) is 0 Å². The highest BCUT2D eigenvalue weighted by Gasteiger charge is 2.38. The first kappa shape index (κ1) is 20.6. The summed E-state index contributed by atoms with van der Waals surface area (Å²) in [6.07, 6.45) is 2.83. The van der Waals surface area contributed by atoms with Crippen molar-refractivity contribution in [2.75, 3.05) is 13.2 Å². The van der Waals surface area contributed by atoms with Crippen molar-refractivity contribution in [3.05, 3.63) is 70.1 Å². The molecule has 3 rings (SSSR count). The minimum atomic E-state index is -0.508. The van der Waals surface area contributed by atoms with Gasteiger partial charge in [-0.3, -0.25) is 4.79 Å². The fraction of sp³-hybridized carbons (Fsp3) is 0.409. The molecule has 1 aliphatic heterocycles. The number of carbonyl (C=O) groups is 1. The van der Waals surface area contributed by atoms with Gasteiger partial charge in [0.1, 0.15) is 0 Å². The third kappa shape index (κ3) is 5.22. The Morgan fingerprint density at radius 3 is 2.75 bits per heavy atom. The van der Waals surface area contributed by atoms with Crippen LogP contribution < -0.4 is 5.32 Å². The normalized spacial score (nSPS) is 21.6. The molecule has 0 saturated heterocycles. The molecule has 150 valence electrons. The maximum atomic E-state index is 12.8. The number of allylic oxidation sites excluding steroid dienone is 1. The van der Waals surface area contributed by atoms with E-state index in [1.807, 2.05) is 54.8 Å². The quantitative estimate of drug-likeness (QED) is 0.670.